The van der Waals surface area contributed by atoms with Crippen molar-refractivity contribution >= 4 is 13.6 Å². The van der Waals surface area contributed by atoms with Crippen molar-refractivity contribution in [3.8, 4) is 0 Å². The molecule has 0 aliphatic rings. The Labute approximate surface area is 73.5 Å². The molecule has 5 nitrogen and oxygen atoms in total. The standard InChI is InChI=1S/C2H5O5P.Na/c3-2(4)1-8(5,6)7;/h1H2,(H,3,4)(H2,5,6,7);/q;+1/p-1. The molecule has 2 N–H and O–H groups in total. The van der Waals surface area contributed by atoms with Crippen LogP contribution in [-0.2, 0) is 9.36 Å². The Morgan fingerprint density at radius 2 is 1.89 bits per heavy atom. The van der Waals surface area contributed by atoms with E-state index in [1.165, 1.54) is 0 Å². The first kappa shape index (κ1) is 12.3. The van der Waals surface area contributed by atoms with E-state index < -0.39 is 19.7 Å². The maximum absolute atomic E-state index is 9.72. The van der Waals surface area contributed by atoms with Crippen LogP contribution in [0.3, 0.4) is 0 Å². The summed E-state index contributed by atoms with van der Waals surface area (Å²) in [5.74, 6) is -1.74. The minimum absolute atomic E-state index is 0. The maximum atomic E-state index is 9.72. The number of rotatable bonds is 2. The fourth-order valence-corrected chi connectivity index (χ4v) is 0.505. The van der Waals surface area contributed by atoms with Gasteiger partial charge in [0.1, 0.15) is 0 Å². The van der Waals surface area contributed by atoms with Gasteiger partial charge >= 0.3 is 37.2 Å². The van der Waals surface area contributed by atoms with Gasteiger partial charge in [0.15, 0.2) is 0 Å². The Kier molecular flexibility index (Phi) is 6.07. The van der Waals surface area contributed by atoms with Crippen molar-refractivity contribution in [3.05, 3.63) is 0 Å². The van der Waals surface area contributed by atoms with Crippen LogP contribution in [0.5, 0.6) is 0 Å². The molecule has 0 aromatic heterocycles. The van der Waals surface area contributed by atoms with Gasteiger partial charge < -0.3 is 19.7 Å². The van der Waals surface area contributed by atoms with Crippen molar-refractivity contribution in [1.29, 1.82) is 0 Å². The minimum Gasteiger partial charge on any atom is -0.549 e. The Morgan fingerprint density at radius 3 is 1.89 bits per heavy atom. The summed E-state index contributed by atoms with van der Waals surface area (Å²) >= 11 is 0. The van der Waals surface area contributed by atoms with E-state index in [-0.39, 0.29) is 29.6 Å². The van der Waals surface area contributed by atoms with Crippen LogP contribution >= 0.6 is 7.60 Å². The van der Waals surface area contributed by atoms with Gasteiger partial charge in [-0.2, -0.15) is 0 Å². The molecule has 0 unspecified atom stereocenters. The Bertz CT molecular complexity index is 138. The van der Waals surface area contributed by atoms with Gasteiger partial charge in [0.2, 0.25) is 0 Å². The minimum atomic E-state index is -4.38. The van der Waals surface area contributed by atoms with Crippen molar-refractivity contribution in [1.82, 2.24) is 0 Å². The number of hydrogen-bond donors (Lipinski definition) is 2. The van der Waals surface area contributed by atoms with E-state index in [0.29, 0.717) is 0 Å². The third-order valence-corrected chi connectivity index (χ3v) is 1.01. The van der Waals surface area contributed by atoms with E-state index in [2.05, 4.69) is 0 Å². The van der Waals surface area contributed by atoms with Gasteiger partial charge in [0, 0.05) is 0 Å². The number of aliphatic carboxylic acids is 1. The van der Waals surface area contributed by atoms with Crippen LogP contribution in [0.1, 0.15) is 0 Å². The predicted octanol–water partition coefficient (Wildman–Crippen LogP) is -5.08. The smallest absolute Gasteiger partial charge is 0.549 e. The molecule has 0 aliphatic carbocycles. The van der Waals surface area contributed by atoms with Crippen LogP contribution in [0.15, 0.2) is 0 Å². The van der Waals surface area contributed by atoms with Crippen LogP contribution in [0.2, 0.25) is 0 Å². The van der Waals surface area contributed by atoms with Gasteiger partial charge in [0.25, 0.3) is 0 Å². The van der Waals surface area contributed by atoms with Gasteiger partial charge in [-0.1, -0.05) is 0 Å². The van der Waals surface area contributed by atoms with Crippen molar-refractivity contribution < 1.29 is 53.8 Å². The first-order valence-corrected chi connectivity index (χ1v) is 3.46. The van der Waals surface area contributed by atoms with Crippen molar-refractivity contribution in [2.24, 2.45) is 0 Å². The van der Waals surface area contributed by atoms with E-state index in [1.54, 1.807) is 0 Å². The number of carboxylic acid groups (broad SMARTS) is 1. The van der Waals surface area contributed by atoms with E-state index in [4.69, 9.17) is 9.79 Å². The fourth-order valence-electron chi connectivity index (χ4n) is 0.168. The van der Waals surface area contributed by atoms with Gasteiger partial charge in [-0.3, -0.25) is 4.57 Å². The summed E-state index contributed by atoms with van der Waals surface area (Å²) in [7, 11) is -4.38. The van der Waals surface area contributed by atoms with Crippen molar-refractivity contribution in [2.45, 2.75) is 0 Å². The molecule has 0 saturated carbocycles. The fraction of sp³-hybridized carbons (Fsp3) is 0.500. The summed E-state index contributed by atoms with van der Waals surface area (Å²) in [4.78, 5) is 25.2. The van der Waals surface area contributed by atoms with Crippen LogP contribution in [0, 0.1) is 0 Å². The topological polar surface area (TPSA) is 97.7 Å². The first-order valence-electron chi connectivity index (χ1n) is 1.66. The molecule has 0 rings (SSSR count). The second-order valence-electron chi connectivity index (χ2n) is 1.19. The number of carbonyl (C=O) groups is 1. The summed E-state index contributed by atoms with van der Waals surface area (Å²) < 4.78 is 9.72. The Hall–Kier alpha value is 0.620. The summed E-state index contributed by atoms with van der Waals surface area (Å²) in [6, 6.07) is 0. The predicted molar refractivity (Wildman–Crippen MR) is 21.9 cm³/mol. The Morgan fingerprint density at radius 1 is 1.56 bits per heavy atom. The molecule has 0 heterocycles. The molecule has 0 aromatic carbocycles. The second-order valence-corrected chi connectivity index (χ2v) is 2.84. The molecule has 9 heavy (non-hydrogen) atoms. The molecule has 7 heteroatoms. The largest absolute Gasteiger partial charge is 1.00 e. The number of hydrogen-bond acceptors (Lipinski definition) is 3. The van der Waals surface area contributed by atoms with Crippen LogP contribution in [-0.4, -0.2) is 21.9 Å². The zero-order valence-electron chi connectivity index (χ0n) is 4.77. The van der Waals surface area contributed by atoms with Gasteiger partial charge in [-0.25, -0.2) is 0 Å². The number of carboxylic acids is 1. The van der Waals surface area contributed by atoms with Gasteiger partial charge in [0.05, 0.1) is 12.1 Å². The van der Waals surface area contributed by atoms with Crippen molar-refractivity contribution in [3.63, 3.8) is 0 Å². The summed E-state index contributed by atoms with van der Waals surface area (Å²) in [6.45, 7) is 0. The third-order valence-electron chi connectivity index (χ3n) is 0.335. The molecule has 0 fully saturated rings. The summed E-state index contributed by atoms with van der Waals surface area (Å²) in [5, 5.41) is 9.41. The van der Waals surface area contributed by atoms with Crippen LogP contribution < -0.4 is 34.7 Å². The summed E-state index contributed by atoms with van der Waals surface area (Å²) in [5.41, 5.74) is 0. The molecular weight excluding hydrogens is 158 g/mol. The monoisotopic (exact) mass is 162 g/mol. The van der Waals surface area contributed by atoms with E-state index >= 15 is 0 Å². The van der Waals surface area contributed by atoms with Crippen LogP contribution in [0.4, 0.5) is 0 Å². The van der Waals surface area contributed by atoms with E-state index in [1.807, 2.05) is 0 Å². The van der Waals surface area contributed by atoms with E-state index in [9.17, 15) is 14.5 Å². The second kappa shape index (κ2) is 4.44. The maximum Gasteiger partial charge on any atom is 1.00 e. The quantitative estimate of drug-likeness (QED) is 0.312. The molecule has 0 spiro atoms. The zero-order valence-corrected chi connectivity index (χ0v) is 7.67. The molecule has 0 saturated heterocycles. The average molecular weight is 162 g/mol. The molecule has 0 amide bonds. The zero-order chi connectivity index (χ0) is 6.78. The number of carbonyl (C=O) groups excluding carboxylic acids is 1. The van der Waals surface area contributed by atoms with Crippen molar-refractivity contribution in [2.75, 3.05) is 6.16 Å². The van der Waals surface area contributed by atoms with Gasteiger partial charge in [-0.15, -0.1) is 0 Å². The molecule has 0 aliphatic heterocycles. The molecule has 48 valence electrons. The Balaban J connectivity index is 0. The SMILES string of the molecule is O=C([O-])CP(=O)(O)O.[Na+]. The normalized spacial score (nSPS) is 10.0. The summed E-state index contributed by atoms with van der Waals surface area (Å²) in [6.07, 6.45) is -1.20. The average Bonchev–Trinajstić information content (AvgIpc) is 1.21. The first-order chi connectivity index (χ1) is 3.42. The molecular formula is C2H4NaO5P. The van der Waals surface area contributed by atoms with E-state index in [0.717, 1.165) is 0 Å². The third kappa shape index (κ3) is 12.0. The molecule has 0 bridgehead atoms. The molecule has 0 radical (unpaired) electrons. The molecule has 0 atom stereocenters. The molecule has 0 aromatic rings. The van der Waals surface area contributed by atoms with Crippen LogP contribution in [0.25, 0.3) is 0 Å². The van der Waals surface area contributed by atoms with Gasteiger partial charge in [-0.05, 0) is 0 Å².